The molecule has 8 rings (SSSR count). The van der Waals surface area contributed by atoms with Gasteiger partial charge in [-0.2, -0.15) is 0 Å². The molecule has 0 saturated heterocycles. The summed E-state index contributed by atoms with van der Waals surface area (Å²) in [6.45, 7) is 0. The van der Waals surface area contributed by atoms with Crippen LogP contribution in [0.2, 0.25) is 0 Å². The topological polar surface area (TPSA) is 56.0 Å². The van der Waals surface area contributed by atoms with Crippen molar-refractivity contribution >= 4 is 27.6 Å². The summed E-state index contributed by atoms with van der Waals surface area (Å²) in [5.74, 6) is 1.92. The third kappa shape index (κ3) is 4.03. The minimum absolute atomic E-state index is 0.630. The van der Waals surface area contributed by atoms with Crippen molar-refractivity contribution in [1.82, 2.24) is 24.3 Å². The highest BCUT2D eigenvalue weighted by Gasteiger charge is 2.16. The quantitative estimate of drug-likeness (QED) is 0.231. The van der Waals surface area contributed by atoms with E-state index in [0.717, 1.165) is 55.4 Å². The van der Waals surface area contributed by atoms with E-state index in [4.69, 9.17) is 19.9 Å². The van der Waals surface area contributed by atoms with Crippen molar-refractivity contribution in [2.45, 2.75) is 0 Å². The summed E-state index contributed by atoms with van der Waals surface area (Å²) in [4.78, 5) is 19.8. The molecule has 3 aromatic heterocycles. The maximum atomic E-state index is 5.07. The first kappa shape index (κ1) is 23.2. The molecule has 0 fully saturated rings. The third-order valence-electron chi connectivity index (χ3n) is 7.41. The molecule has 0 saturated carbocycles. The van der Waals surface area contributed by atoms with Crippen molar-refractivity contribution in [3.63, 3.8) is 0 Å². The van der Waals surface area contributed by atoms with Gasteiger partial charge in [0.2, 0.25) is 0 Å². The highest BCUT2D eigenvalue weighted by Crippen LogP contribution is 2.34. The van der Waals surface area contributed by atoms with E-state index in [0.29, 0.717) is 17.5 Å². The molecule has 0 atom stereocenters. The number of para-hydroxylation sites is 3. The number of hydrogen-bond acceptors (Lipinski definition) is 4. The average Bonchev–Trinajstić information content (AvgIpc) is 3.45. The number of hydrogen-bond donors (Lipinski definition) is 0. The molecule has 0 aliphatic rings. The number of benzene rings is 5. The molecule has 0 aliphatic heterocycles. The lowest BCUT2D eigenvalue weighted by Gasteiger charge is -2.11. The Kier molecular flexibility index (Phi) is 5.38. The molecule has 0 amide bonds. The Balaban J connectivity index is 1.35. The first-order chi connectivity index (χ1) is 20.3. The van der Waals surface area contributed by atoms with Crippen LogP contribution >= 0.6 is 0 Å². The van der Waals surface area contributed by atoms with E-state index in [1.807, 2.05) is 66.7 Å². The zero-order valence-corrected chi connectivity index (χ0v) is 22.0. The van der Waals surface area contributed by atoms with Crippen molar-refractivity contribution in [2.24, 2.45) is 0 Å². The van der Waals surface area contributed by atoms with Gasteiger partial charge in [0.25, 0.3) is 0 Å². The van der Waals surface area contributed by atoms with Crippen molar-refractivity contribution in [3.05, 3.63) is 140 Å². The van der Waals surface area contributed by atoms with Gasteiger partial charge in [-0.25, -0.2) is 19.9 Å². The zero-order valence-electron chi connectivity index (χ0n) is 22.0. The van der Waals surface area contributed by atoms with Gasteiger partial charge >= 0.3 is 0 Å². The first-order valence-electron chi connectivity index (χ1n) is 13.6. The predicted octanol–water partition coefficient (Wildman–Crippen LogP) is 8.49. The Morgan fingerprint density at radius 2 is 0.927 bits per heavy atom. The maximum Gasteiger partial charge on any atom is 0.164 e. The van der Waals surface area contributed by atoms with E-state index in [9.17, 15) is 0 Å². The molecule has 0 bridgehead atoms. The molecule has 0 spiro atoms. The van der Waals surface area contributed by atoms with E-state index >= 15 is 0 Å². The average molecular weight is 526 g/mol. The Hall–Kier alpha value is -5.68. The smallest absolute Gasteiger partial charge is 0.164 e. The lowest BCUT2D eigenvalue weighted by Crippen LogP contribution is -2.00. The van der Waals surface area contributed by atoms with Crippen LogP contribution in [0.25, 0.3) is 72.9 Å². The Morgan fingerprint density at radius 3 is 1.63 bits per heavy atom. The molecule has 0 N–H and O–H groups in total. The van der Waals surface area contributed by atoms with Gasteiger partial charge in [0.05, 0.1) is 16.6 Å². The van der Waals surface area contributed by atoms with E-state index < -0.39 is 0 Å². The van der Waals surface area contributed by atoms with Gasteiger partial charge in [-0.1, -0.05) is 109 Å². The largest absolute Gasteiger partial charge is 0.292 e. The number of imidazole rings is 1. The maximum absolute atomic E-state index is 5.07. The van der Waals surface area contributed by atoms with E-state index in [1.54, 1.807) is 0 Å². The fourth-order valence-electron chi connectivity index (χ4n) is 5.46. The molecular formula is C36H23N5. The van der Waals surface area contributed by atoms with Gasteiger partial charge in [0, 0.05) is 22.3 Å². The second-order valence-corrected chi connectivity index (χ2v) is 10.00. The molecule has 8 aromatic rings. The molecule has 0 unspecified atom stereocenters. The van der Waals surface area contributed by atoms with Gasteiger partial charge in [0.1, 0.15) is 5.65 Å². The van der Waals surface area contributed by atoms with Gasteiger partial charge in [-0.3, -0.25) is 4.40 Å². The van der Waals surface area contributed by atoms with Gasteiger partial charge in [-0.15, -0.1) is 0 Å². The molecule has 5 heteroatoms. The number of rotatable bonds is 4. The molecule has 0 aliphatic carbocycles. The number of nitrogens with zero attached hydrogens (tertiary/aromatic N) is 5. The van der Waals surface area contributed by atoms with Crippen LogP contribution in [-0.2, 0) is 0 Å². The minimum atomic E-state index is 0.630. The van der Waals surface area contributed by atoms with E-state index in [2.05, 4.69) is 77.2 Å². The Morgan fingerprint density at radius 1 is 0.390 bits per heavy atom. The van der Waals surface area contributed by atoms with Crippen LogP contribution in [0, 0.1) is 0 Å². The summed E-state index contributed by atoms with van der Waals surface area (Å²) < 4.78 is 2.26. The molecule has 192 valence electrons. The highest BCUT2D eigenvalue weighted by atomic mass is 15.0. The lowest BCUT2D eigenvalue weighted by atomic mass is 10.0. The van der Waals surface area contributed by atoms with Crippen LogP contribution in [0.1, 0.15) is 0 Å². The molecule has 5 aromatic carbocycles. The molecule has 3 heterocycles. The molecule has 41 heavy (non-hydrogen) atoms. The van der Waals surface area contributed by atoms with Crippen molar-refractivity contribution in [1.29, 1.82) is 0 Å². The van der Waals surface area contributed by atoms with Crippen LogP contribution in [-0.4, -0.2) is 24.3 Å². The van der Waals surface area contributed by atoms with Crippen molar-refractivity contribution in [2.75, 3.05) is 0 Å². The normalized spacial score (nSPS) is 11.4. The summed E-state index contributed by atoms with van der Waals surface area (Å²) in [5, 5.41) is 1.15. The molecule has 5 nitrogen and oxygen atoms in total. The molecular weight excluding hydrogens is 502 g/mol. The number of fused-ring (bicyclic) bond motifs is 5. The molecule has 0 radical (unpaired) electrons. The van der Waals surface area contributed by atoms with Gasteiger partial charge in [0.15, 0.2) is 17.5 Å². The van der Waals surface area contributed by atoms with Crippen molar-refractivity contribution in [3.8, 4) is 45.3 Å². The van der Waals surface area contributed by atoms with Gasteiger partial charge < -0.3 is 0 Å². The summed E-state index contributed by atoms with van der Waals surface area (Å²) >= 11 is 0. The monoisotopic (exact) mass is 525 g/mol. The lowest BCUT2D eigenvalue weighted by molar-refractivity contribution is 1.07. The van der Waals surface area contributed by atoms with Crippen LogP contribution in [0.4, 0.5) is 0 Å². The van der Waals surface area contributed by atoms with Crippen LogP contribution in [0.3, 0.4) is 0 Å². The summed E-state index contributed by atoms with van der Waals surface area (Å²) in [5.41, 5.74) is 9.05. The fraction of sp³-hybridized carbons (Fsp3) is 0. The number of pyridine rings is 1. The third-order valence-corrected chi connectivity index (χ3v) is 7.41. The summed E-state index contributed by atoms with van der Waals surface area (Å²) in [7, 11) is 0. The minimum Gasteiger partial charge on any atom is -0.292 e. The summed E-state index contributed by atoms with van der Waals surface area (Å²) in [6, 6.07) is 47.5. The van der Waals surface area contributed by atoms with Crippen LogP contribution < -0.4 is 0 Å². The SMILES string of the molecule is c1ccc(-c2nc(-c3ccccc3)nc(-c3cccc(-c4cc5ccccc5n5c4nc4ccccc45)c3)n2)cc1. The number of aromatic nitrogens is 5. The Labute approximate surface area is 236 Å². The van der Waals surface area contributed by atoms with Gasteiger partial charge in [-0.05, 0) is 41.3 Å². The van der Waals surface area contributed by atoms with E-state index in [1.165, 1.54) is 0 Å². The fourth-order valence-corrected chi connectivity index (χ4v) is 5.46. The summed E-state index contributed by atoms with van der Waals surface area (Å²) in [6.07, 6.45) is 0. The Bertz CT molecular complexity index is 2140. The standard InChI is InChI=1S/C36H23N5/c1-3-12-24(13-4-1)33-38-34(25-14-5-2-6-15-25)40-35(39-33)28-18-11-17-26(22-28)29-23-27-16-7-9-20-31(27)41-32-21-10-8-19-30(32)37-36(29)41/h1-23H. The zero-order chi connectivity index (χ0) is 27.2. The second kappa shape index (κ2) is 9.50. The highest BCUT2D eigenvalue weighted by molar-refractivity contribution is 5.98. The van der Waals surface area contributed by atoms with Crippen LogP contribution in [0.5, 0.6) is 0 Å². The van der Waals surface area contributed by atoms with Crippen LogP contribution in [0.15, 0.2) is 140 Å². The van der Waals surface area contributed by atoms with E-state index in [-0.39, 0.29) is 0 Å². The van der Waals surface area contributed by atoms with Crippen molar-refractivity contribution < 1.29 is 0 Å². The predicted molar refractivity (Wildman–Crippen MR) is 165 cm³/mol. The second-order valence-electron chi connectivity index (χ2n) is 10.00. The first-order valence-corrected chi connectivity index (χ1v) is 13.6.